The number of fused-ring (bicyclic) bond motifs is 1. The molecule has 1 heterocycles. The zero-order valence-corrected chi connectivity index (χ0v) is 14.5. The van der Waals surface area contributed by atoms with Crippen LogP contribution < -0.4 is 0 Å². The molecule has 25 heavy (non-hydrogen) atoms. The van der Waals surface area contributed by atoms with Gasteiger partial charge in [-0.05, 0) is 23.8 Å². The molecule has 0 saturated heterocycles. The molecule has 0 aliphatic heterocycles. The van der Waals surface area contributed by atoms with Gasteiger partial charge in [-0.1, -0.05) is 60.7 Å². The molecule has 0 bridgehead atoms. The number of hydrogen-bond acceptors (Lipinski definition) is 3. The summed E-state index contributed by atoms with van der Waals surface area (Å²) in [4.78, 5) is 0.310. The third kappa shape index (κ3) is 2.85. The lowest BCUT2D eigenvalue weighted by Crippen LogP contribution is -1.96. The van der Waals surface area contributed by atoms with Crippen molar-refractivity contribution < 1.29 is 12.8 Å². The lowest BCUT2D eigenvalue weighted by atomic mass is 9.99. The molecule has 4 rings (SSSR count). The Bertz CT molecular complexity index is 1140. The molecule has 0 amide bonds. The summed E-state index contributed by atoms with van der Waals surface area (Å²) in [6.45, 7) is 0. The monoisotopic (exact) mass is 348 g/mol. The van der Waals surface area contributed by atoms with Crippen molar-refractivity contribution in [1.29, 1.82) is 0 Å². The van der Waals surface area contributed by atoms with Crippen LogP contribution >= 0.6 is 0 Å². The van der Waals surface area contributed by atoms with Crippen molar-refractivity contribution in [3.8, 4) is 22.5 Å². The van der Waals surface area contributed by atoms with Gasteiger partial charge in [0.2, 0.25) is 0 Å². The van der Waals surface area contributed by atoms with E-state index in [1.54, 1.807) is 12.1 Å². The molecule has 1 aromatic heterocycles. The van der Waals surface area contributed by atoms with Crippen LogP contribution in [0.3, 0.4) is 0 Å². The van der Waals surface area contributed by atoms with Crippen LogP contribution in [0.15, 0.2) is 88.2 Å². The van der Waals surface area contributed by atoms with E-state index in [4.69, 9.17) is 4.42 Å². The highest BCUT2D eigenvalue weighted by atomic mass is 32.2. The van der Waals surface area contributed by atoms with Crippen LogP contribution in [0.25, 0.3) is 33.4 Å². The molecular formula is C21H16O3S. The Morgan fingerprint density at radius 2 is 1.36 bits per heavy atom. The van der Waals surface area contributed by atoms with Gasteiger partial charge in [-0.3, -0.25) is 0 Å². The summed E-state index contributed by atoms with van der Waals surface area (Å²) in [5, 5.41) is 1.01. The van der Waals surface area contributed by atoms with E-state index < -0.39 is 9.84 Å². The number of para-hydroxylation sites is 1. The Balaban J connectivity index is 1.97. The van der Waals surface area contributed by atoms with Gasteiger partial charge in [0.15, 0.2) is 9.84 Å². The lowest BCUT2D eigenvalue weighted by Gasteiger charge is -2.05. The summed E-state index contributed by atoms with van der Waals surface area (Å²) >= 11 is 0. The Labute approximate surface area is 146 Å². The van der Waals surface area contributed by atoms with Gasteiger partial charge in [-0.15, -0.1) is 0 Å². The fourth-order valence-corrected chi connectivity index (χ4v) is 3.62. The second-order valence-corrected chi connectivity index (χ2v) is 7.98. The van der Waals surface area contributed by atoms with E-state index in [2.05, 4.69) is 0 Å². The van der Waals surface area contributed by atoms with E-state index in [-0.39, 0.29) is 0 Å². The zero-order valence-electron chi connectivity index (χ0n) is 13.6. The molecule has 4 aromatic rings. The third-order valence-corrected chi connectivity index (χ3v) is 5.33. The van der Waals surface area contributed by atoms with Crippen LogP contribution in [0.5, 0.6) is 0 Å². The van der Waals surface area contributed by atoms with E-state index in [9.17, 15) is 8.42 Å². The predicted molar refractivity (Wildman–Crippen MR) is 100 cm³/mol. The molecule has 0 aliphatic rings. The van der Waals surface area contributed by atoms with E-state index in [0.29, 0.717) is 4.90 Å². The second-order valence-electron chi connectivity index (χ2n) is 5.96. The van der Waals surface area contributed by atoms with Crippen LogP contribution in [0.4, 0.5) is 0 Å². The molecule has 3 nitrogen and oxygen atoms in total. The minimum Gasteiger partial charge on any atom is -0.455 e. The average molecular weight is 348 g/mol. The molecule has 0 saturated carbocycles. The van der Waals surface area contributed by atoms with Crippen LogP contribution in [-0.2, 0) is 9.84 Å². The Hall–Kier alpha value is -2.85. The number of rotatable bonds is 3. The first-order valence-electron chi connectivity index (χ1n) is 7.91. The van der Waals surface area contributed by atoms with Crippen molar-refractivity contribution in [2.24, 2.45) is 0 Å². The van der Waals surface area contributed by atoms with Gasteiger partial charge in [-0.25, -0.2) is 8.42 Å². The molecule has 0 aliphatic carbocycles. The van der Waals surface area contributed by atoms with Crippen LogP contribution in [-0.4, -0.2) is 14.7 Å². The highest BCUT2D eigenvalue weighted by Crippen LogP contribution is 2.40. The van der Waals surface area contributed by atoms with Gasteiger partial charge in [0.1, 0.15) is 11.3 Å². The first kappa shape index (κ1) is 15.7. The lowest BCUT2D eigenvalue weighted by molar-refractivity contribution is 0.602. The molecule has 4 heteroatoms. The number of benzene rings is 3. The van der Waals surface area contributed by atoms with Crippen molar-refractivity contribution >= 4 is 20.8 Å². The van der Waals surface area contributed by atoms with Crippen molar-refractivity contribution in [3.05, 3.63) is 78.9 Å². The van der Waals surface area contributed by atoms with Crippen LogP contribution in [0.2, 0.25) is 0 Å². The summed E-state index contributed by atoms with van der Waals surface area (Å²) in [5.74, 6) is 0.786. The molecule has 0 atom stereocenters. The normalized spacial score (nSPS) is 11.7. The second kappa shape index (κ2) is 5.90. The van der Waals surface area contributed by atoms with Gasteiger partial charge in [0, 0.05) is 22.8 Å². The van der Waals surface area contributed by atoms with Gasteiger partial charge < -0.3 is 4.42 Å². The van der Waals surface area contributed by atoms with E-state index >= 15 is 0 Å². The summed E-state index contributed by atoms with van der Waals surface area (Å²) in [5.41, 5.74) is 3.70. The minimum atomic E-state index is -3.22. The average Bonchev–Trinajstić information content (AvgIpc) is 3.01. The first-order chi connectivity index (χ1) is 12.0. The maximum absolute atomic E-state index is 11.7. The fraction of sp³-hybridized carbons (Fsp3) is 0.0476. The topological polar surface area (TPSA) is 47.3 Å². The molecule has 0 fully saturated rings. The van der Waals surface area contributed by atoms with E-state index in [1.807, 2.05) is 66.7 Å². The largest absolute Gasteiger partial charge is 0.455 e. The fourth-order valence-electron chi connectivity index (χ4n) is 2.99. The Morgan fingerprint density at radius 3 is 2.04 bits per heavy atom. The quantitative estimate of drug-likeness (QED) is 0.513. The maximum Gasteiger partial charge on any atom is 0.175 e. The van der Waals surface area contributed by atoms with Gasteiger partial charge in [0.25, 0.3) is 0 Å². The van der Waals surface area contributed by atoms with E-state index in [1.165, 1.54) is 6.26 Å². The molecular weight excluding hydrogens is 332 g/mol. The standard InChI is InChI=1S/C21H16O3S/c1-25(22,23)17-13-11-15(12-14-17)20-18-9-5-6-10-19(18)24-21(20)16-7-3-2-4-8-16/h2-14H,1H3. The highest BCUT2D eigenvalue weighted by Gasteiger charge is 2.17. The highest BCUT2D eigenvalue weighted by molar-refractivity contribution is 7.90. The van der Waals surface area contributed by atoms with Crippen LogP contribution in [0, 0.1) is 0 Å². The predicted octanol–water partition coefficient (Wildman–Crippen LogP) is 5.17. The van der Waals surface area contributed by atoms with Crippen molar-refractivity contribution in [1.82, 2.24) is 0 Å². The molecule has 0 N–H and O–H groups in total. The van der Waals surface area contributed by atoms with E-state index in [0.717, 1.165) is 33.4 Å². The minimum absolute atomic E-state index is 0.310. The van der Waals surface area contributed by atoms with Gasteiger partial charge >= 0.3 is 0 Å². The smallest absolute Gasteiger partial charge is 0.175 e. The number of sulfone groups is 1. The summed E-state index contributed by atoms with van der Waals surface area (Å²) < 4.78 is 29.5. The number of hydrogen-bond donors (Lipinski definition) is 0. The molecule has 124 valence electrons. The first-order valence-corrected chi connectivity index (χ1v) is 9.80. The van der Waals surface area contributed by atoms with Crippen LogP contribution in [0.1, 0.15) is 0 Å². The number of furan rings is 1. The van der Waals surface area contributed by atoms with Gasteiger partial charge in [0.05, 0.1) is 4.90 Å². The Kier molecular flexibility index (Phi) is 3.70. The van der Waals surface area contributed by atoms with Crippen molar-refractivity contribution in [2.45, 2.75) is 4.90 Å². The SMILES string of the molecule is CS(=O)(=O)c1ccc(-c2c(-c3ccccc3)oc3ccccc23)cc1. The summed E-state index contributed by atoms with van der Waals surface area (Å²) in [7, 11) is -3.22. The third-order valence-electron chi connectivity index (χ3n) is 4.20. The van der Waals surface area contributed by atoms with Gasteiger partial charge in [-0.2, -0.15) is 0 Å². The van der Waals surface area contributed by atoms with Crippen molar-refractivity contribution in [2.75, 3.05) is 6.26 Å². The summed E-state index contributed by atoms with van der Waals surface area (Å²) in [6.07, 6.45) is 1.21. The molecule has 0 spiro atoms. The van der Waals surface area contributed by atoms with Crippen molar-refractivity contribution in [3.63, 3.8) is 0 Å². The zero-order chi connectivity index (χ0) is 17.4. The summed E-state index contributed by atoms with van der Waals surface area (Å²) in [6, 6.07) is 24.7. The molecule has 0 radical (unpaired) electrons. The molecule has 0 unspecified atom stereocenters. The Morgan fingerprint density at radius 1 is 0.720 bits per heavy atom. The maximum atomic E-state index is 11.7. The molecule has 3 aromatic carbocycles.